The molecule has 5 heteroatoms. The quantitative estimate of drug-likeness (QED) is 0.908. The molecule has 0 unspecified atom stereocenters. The van der Waals surface area contributed by atoms with Crippen LogP contribution in [0.2, 0.25) is 0 Å². The lowest BCUT2D eigenvalue weighted by atomic mass is 10.0. The van der Waals surface area contributed by atoms with Gasteiger partial charge in [0, 0.05) is 30.2 Å². The number of rotatable bonds is 4. The lowest BCUT2D eigenvalue weighted by Crippen LogP contribution is -2.27. The van der Waals surface area contributed by atoms with E-state index >= 15 is 0 Å². The van der Waals surface area contributed by atoms with Gasteiger partial charge in [-0.25, -0.2) is 0 Å². The van der Waals surface area contributed by atoms with Crippen LogP contribution in [0, 0.1) is 11.3 Å². The third kappa shape index (κ3) is 2.46. The minimum atomic E-state index is -0.351. The molecule has 20 heavy (non-hydrogen) atoms. The average molecular weight is 269 g/mol. The smallest absolute Gasteiger partial charge is 0.268 e. The Morgan fingerprint density at radius 1 is 1.40 bits per heavy atom. The second-order valence-electron chi connectivity index (χ2n) is 4.30. The van der Waals surface area contributed by atoms with Crippen LogP contribution in [0.3, 0.4) is 0 Å². The van der Waals surface area contributed by atoms with Gasteiger partial charge in [0.15, 0.2) is 0 Å². The predicted octanol–water partition coefficient (Wildman–Crippen LogP) is 1.34. The van der Waals surface area contributed by atoms with Crippen LogP contribution in [0.25, 0.3) is 11.1 Å². The largest absolute Gasteiger partial charge is 0.395 e. The maximum absolute atomic E-state index is 12.2. The first-order valence-corrected chi connectivity index (χ1v) is 6.41. The Kier molecular flexibility index (Phi) is 4.28. The minimum absolute atomic E-state index is 0.0856. The first-order valence-electron chi connectivity index (χ1n) is 6.41. The molecule has 2 heterocycles. The van der Waals surface area contributed by atoms with Crippen LogP contribution >= 0.6 is 0 Å². The first-order chi connectivity index (χ1) is 9.72. The summed E-state index contributed by atoms with van der Waals surface area (Å²) in [6.07, 6.45) is 3.98. The number of hydrogen-bond donors (Lipinski definition) is 1. The Morgan fingerprint density at radius 3 is 2.65 bits per heavy atom. The summed E-state index contributed by atoms with van der Waals surface area (Å²) >= 11 is 0. The van der Waals surface area contributed by atoms with E-state index in [1.165, 1.54) is 4.57 Å². The SMILES string of the molecule is CCc1c(-c2ccncc2)cc(C#N)c(=O)n1CCO. The summed E-state index contributed by atoms with van der Waals surface area (Å²) in [4.78, 5) is 16.1. The fraction of sp³-hybridized carbons (Fsp3) is 0.267. The molecule has 0 spiro atoms. The van der Waals surface area contributed by atoms with Gasteiger partial charge in [-0.3, -0.25) is 9.78 Å². The number of aliphatic hydroxyl groups excluding tert-OH is 1. The molecular formula is C15H15N3O2. The zero-order valence-electron chi connectivity index (χ0n) is 11.2. The van der Waals surface area contributed by atoms with E-state index < -0.39 is 0 Å². The van der Waals surface area contributed by atoms with Gasteiger partial charge >= 0.3 is 0 Å². The summed E-state index contributed by atoms with van der Waals surface area (Å²) in [5.74, 6) is 0. The first kappa shape index (κ1) is 14.0. The molecular weight excluding hydrogens is 254 g/mol. The van der Waals surface area contributed by atoms with E-state index in [2.05, 4.69) is 4.98 Å². The Morgan fingerprint density at radius 2 is 2.10 bits per heavy atom. The van der Waals surface area contributed by atoms with Gasteiger partial charge in [-0.2, -0.15) is 5.26 Å². The molecule has 2 aromatic heterocycles. The van der Waals surface area contributed by atoms with Gasteiger partial charge in [0.25, 0.3) is 5.56 Å². The van der Waals surface area contributed by atoms with Crippen LogP contribution in [-0.2, 0) is 13.0 Å². The highest BCUT2D eigenvalue weighted by atomic mass is 16.3. The molecule has 5 nitrogen and oxygen atoms in total. The highest BCUT2D eigenvalue weighted by Crippen LogP contribution is 2.23. The molecule has 0 radical (unpaired) electrons. The topological polar surface area (TPSA) is 78.9 Å². The second-order valence-corrected chi connectivity index (χ2v) is 4.30. The van der Waals surface area contributed by atoms with Crippen LogP contribution in [0.15, 0.2) is 35.4 Å². The van der Waals surface area contributed by atoms with E-state index in [4.69, 9.17) is 10.4 Å². The zero-order chi connectivity index (χ0) is 14.5. The third-order valence-corrected chi connectivity index (χ3v) is 3.17. The molecule has 0 aromatic carbocycles. The number of pyridine rings is 2. The number of aromatic nitrogens is 2. The van der Waals surface area contributed by atoms with Crippen LogP contribution < -0.4 is 5.56 Å². The average Bonchev–Trinajstić information content (AvgIpc) is 2.50. The molecule has 2 aromatic rings. The van der Waals surface area contributed by atoms with E-state index in [9.17, 15) is 4.79 Å². The van der Waals surface area contributed by atoms with Crippen molar-refractivity contribution in [1.29, 1.82) is 5.26 Å². The molecule has 0 fully saturated rings. The molecule has 0 saturated carbocycles. The monoisotopic (exact) mass is 269 g/mol. The lowest BCUT2D eigenvalue weighted by molar-refractivity contribution is 0.272. The Labute approximate surface area is 116 Å². The number of nitriles is 1. The summed E-state index contributed by atoms with van der Waals surface area (Å²) in [6.45, 7) is 1.99. The number of hydrogen-bond acceptors (Lipinski definition) is 4. The van der Waals surface area contributed by atoms with Crippen LogP contribution in [0.1, 0.15) is 18.2 Å². The molecule has 0 aliphatic heterocycles. The molecule has 2 rings (SSSR count). The Hall–Kier alpha value is -2.45. The Balaban J connectivity index is 2.77. The van der Waals surface area contributed by atoms with E-state index in [0.717, 1.165) is 16.8 Å². The molecule has 0 atom stereocenters. The highest BCUT2D eigenvalue weighted by Gasteiger charge is 2.14. The summed E-state index contributed by atoms with van der Waals surface area (Å²) < 4.78 is 1.48. The third-order valence-electron chi connectivity index (χ3n) is 3.17. The van der Waals surface area contributed by atoms with Crippen molar-refractivity contribution in [2.75, 3.05) is 6.61 Å². The van der Waals surface area contributed by atoms with Crippen molar-refractivity contribution < 1.29 is 5.11 Å². The molecule has 0 saturated heterocycles. The van der Waals surface area contributed by atoms with Gasteiger partial charge in [-0.1, -0.05) is 6.92 Å². The van der Waals surface area contributed by atoms with Crippen molar-refractivity contribution in [2.24, 2.45) is 0 Å². The van der Waals surface area contributed by atoms with Crippen LogP contribution in [0.5, 0.6) is 0 Å². The molecule has 102 valence electrons. The normalized spacial score (nSPS) is 10.2. The fourth-order valence-electron chi connectivity index (χ4n) is 2.28. The Bertz CT molecular complexity index is 700. The zero-order valence-corrected chi connectivity index (χ0v) is 11.2. The molecule has 0 bridgehead atoms. The van der Waals surface area contributed by atoms with Crippen molar-refractivity contribution in [3.63, 3.8) is 0 Å². The van der Waals surface area contributed by atoms with Gasteiger partial charge in [0.05, 0.1) is 6.61 Å². The summed E-state index contributed by atoms with van der Waals surface area (Å²) in [7, 11) is 0. The predicted molar refractivity (Wildman–Crippen MR) is 75.1 cm³/mol. The molecule has 0 aliphatic carbocycles. The lowest BCUT2D eigenvalue weighted by Gasteiger charge is -2.16. The van der Waals surface area contributed by atoms with Crippen LogP contribution in [0.4, 0.5) is 0 Å². The van der Waals surface area contributed by atoms with Crippen molar-refractivity contribution >= 4 is 0 Å². The highest BCUT2D eigenvalue weighted by molar-refractivity contribution is 5.67. The van der Waals surface area contributed by atoms with Crippen LogP contribution in [-0.4, -0.2) is 21.3 Å². The van der Waals surface area contributed by atoms with Crippen molar-refractivity contribution in [3.05, 3.63) is 52.2 Å². The molecule has 0 aliphatic rings. The van der Waals surface area contributed by atoms with Gasteiger partial charge in [-0.05, 0) is 30.2 Å². The summed E-state index contributed by atoms with van der Waals surface area (Å²) in [5, 5.41) is 18.2. The molecule has 1 N–H and O–H groups in total. The molecule has 0 amide bonds. The number of aliphatic hydroxyl groups is 1. The standard InChI is InChI=1S/C15H15N3O2/c1-2-14-13(11-3-5-17-6-4-11)9-12(10-16)15(20)18(14)7-8-19/h3-6,9,19H,2,7-8H2,1H3. The van der Waals surface area contributed by atoms with Crippen molar-refractivity contribution in [2.45, 2.75) is 19.9 Å². The van der Waals surface area contributed by atoms with Crippen molar-refractivity contribution in [1.82, 2.24) is 9.55 Å². The summed E-state index contributed by atoms with van der Waals surface area (Å²) in [6, 6.07) is 7.21. The second kappa shape index (κ2) is 6.13. The number of nitrogens with zero attached hydrogens (tertiary/aromatic N) is 3. The summed E-state index contributed by atoms with van der Waals surface area (Å²) in [5.41, 5.74) is 2.28. The van der Waals surface area contributed by atoms with E-state index in [1.807, 2.05) is 25.1 Å². The van der Waals surface area contributed by atoms with E-state index in [0.29, 0.717) is 6.42 Å². The maximum Gasteiger partial charge on any atom is 0.268 e. The minimum Gasteiger partial charge on any atom is -0.395 e. The van der Waals surface area contributed by atoms with Crippen molar-refractivity contribution in [3.8, 4) is 17.2 Å². The van der Waals surface area contributed by atoms with E-state index in [-0.39, 0.29) is 24.3 Å². The van der Waals surface area contributed by atoms with Gasteiger partial charge in [0.1, 0.15) is 11.6 Å². The fourth-order valence-corrected chi connectivity index (χ4v) is 2.28. The van der Waals surface area contributed by atoms with Gasteiger partial charge < -0.3 is 9.67 Å². The van der Waals surface area contributed by atoms with E-state index in [1.54, 1.807) is 18.5 Å². The van der Waals surface area contributed by atoms with Gasteiger partial charge in [-0.15, -0.1) is 0 Å². The maximum atomic E-state index is 12.2. The van der Waals surface area contributed by atoms with Gasteiger partial charge in [0.2, 0.25) is 0 Å².